The molecular weight excluding hydrogens is 478 g/mol. The molecule has 3 aromatic rings. The lowest BCUT2D eigenvalue weighted by molar-refractivity contribution is 0.0915. The number of aryl methyl sites for hydroxylation is 2. The number of nitrogens with one attached hydrogen (secondary N) is 1. The number of methoxy groups -OCH3 is 1. The molecule has 3 heterocycles. The molecule has 1 saturated heterocycles. The van der Waals surface area contributed by atoms with Crippen LogP contribution in [0.5, 0.6) is 6.01 Å². The molecule has 1 N–H and O–H groups in total. The first-order chi connectivity index (χ1) is 17.2. The first-order valence-corrected chi connectivity index (χ1v) is 13.7. The molecule has 0 spiro atoms. The van der Waals surface area contributed by atoms with E-state index in [4.69, 9.17) is 4.74 Å². The maximum absolute atomic E-state index is 13.0. The zero-order chi connectivity index (χ0) is 25.9. The van der Waals surface area contributed by atoms with Crippen molar-refractivity contribution in [2.75, 3.05) is 31.5 Å². The molecule has 1 aromatic carbocycles. The minimum atomic E-state index is -3.87. The van der Waals surface area contributed by atoms with Crippen molar-refractivity contribution < 1.29 is 17.9 Å². The summed E-state index contributed by atoms with van der Waals surface area (Å²) in [5, 5.41) is 0. The molecule has 1 aliphatic heterocycles. The second-order valence-electron chi connectivity index (χ2n) is 9.06. The summed E-state index contributed by atoms with van der Waals surface area (Å²) in [6.07, 6.45) is 4.12. The van der Waals surface area contributed by atoms with Gasteiger partial charge in [-0.05, 0) is 76.5 Å². The summed E-state index contributed by atoms with van der Waals surface area (Å²) in [5.74, 6) is 0.267. The van der Waals surface area contributed by atoms with Gasteiger partial charge in [0.15, 0.2) is 5.78 Å². The molecule has 4 rings (SSSR count). The van der Waals surface area contributed by atoms with Gasteiger partial charge in [-0.1, -0.05) is 13.3 Å². The summed E-state index contributed by atoms with van der Waals surface area (Å²) in [4.78, 5) is 23.6. The van der Waals surface area contributed by atoms with Gasteiger partial charge in [0, 0.05) is 34.4 Å². The average Bonchev–Trinajstić information content (AvgIpc) is 3.17. The number of piperidine rings is 1. The molecule has 10 heteroatoms. The van der Waals surface area contributed by atoms with Gasteiger partial charge in [0.25, 0.3) is 10.0 Å². The van der Waals surface area contributed by atoms with Crippen molar-refractivity contribution in [3.63, 3.8) is 0 Å². The van der Waals surface area contributed by atoms with E-state index in [1.54, 1.807) is 30.3 Å². The van der Waals surface area contributed by atoms with Gasteiger partial charge in [-0.15, -0.1) is 0 Å². The Morgan fingerprint density at radius 1 is 1.06 bits per heavy atom. The molecule has 9 nitrogen and oxygen atoms in total. The number of hydrogen-bond donors (Lipinski definition) is 1. The van der Waals surface area contributed by atoms with Gasteiger partial charge in [-0.3, -0.25) is 14.4 Å². The second kappa shape index (κ2) is 10.8. The number of rotatable bonds is 9. The number of carbonyl (C=O) groups is 1. The molecule has 36 heavy (non-hydrogen) atoms. The monoisotopic (exact) mass is 511 g/mol. The van der Waals surface area contributed by atoms with E-state index in [-0.39, 0.29) is 22.5 Å². The van der Waals surface area contributed by atoms with E-state index in [0.29, 0.717) is 24.2 Å². The van der Waals surface area contributed by atoms with Gasteiger partial charge in [0.2, 0.25) is 0 Å². The highest BCUT2D eigenvalue weighted by Crippen LogP contribution is 2.24. The van der Waals surface area contributed by atoms with E-state index in [1.807, 2.05) is 31.4 Å². The Hall–Kier alpha value is -3.24. The van der Waals surface area contributed by atoms with Crippen molar-refractivity contribution in [3.05, 3.63) is 59.0 Å². The lowest BCUT2D eigenvalue weighted by Gasteiger charge is -2.25. The van der Waals surface area contributed by atoms with Crippen LogP contribution in [0.15, 0.2) is 41.3 Å². The molecule has 0 amide bonds. The quantitative estimate of drug-likeness (QED) is 0.434. The number of aromatic nitrogens is 3. The molecule has 192 valence electrons. The van der Waals surface area contributed by atoms with E-state index < -0.39 is 10.0 Å². The fraction of sp³-hybridized carbons (Fsp3) is 0.423. The molecule has 0 saturated carbocycles. The first kappa shape index (κ1) is 25.8. The van der Waals surface area contributed by atoms with Gasteiger partial charge in [0.1, 0.15) is 5.82 Å². The average molecular weight is 512 g/mol. The van der Waals surface area contributed by atoms with Crippen LogP contribution in [-0.2, 0) is 16.4 Å². The molecule has 1 fully saturated rings. The number of anilines is 1. The molecule has 1 aliphatic rings. The van der Waals surface area contributed by atoms with Crippen LogP contribution in [0.25, 0.3) is 5.69 Å². The van der Waals surface area contributed by atoms with Gasteiger partial charge in [-0.2, -0.15) is 4.98 Å². The van der Waals surface area contributed by atoms with E-state index in [0.717, 1.165) is 43.0 Å². The van der Waals surface area contributed by atoms with Crippen molar-refractivity contribution >= 4 is 21.6 Å². The van der Waals surface area contributed by atoms with Gasteiger partial charge in [0.05, 0.1) is 18.6 Å². The number of benzene rings is 1. The first-order valence-electron chi connectivity index (χ1n) is 12.2. The lowest BCUT2D eigenvalue weighted by Crippen LogP contribution is -2.34. The molecule has 0 radical (unpaired) electrons. The Morgan fingerprint density at radius 3 is 2.39 bits per heavy atom. The van der Waals surface area contributed by atoms with E-state index in [2.05, 4.69) is 19.6 Å². The summed E-state index contributed by atoms with van der Waals surface area (Å²) in [6.45, 7) is 8.16. The molecule has 0 aliphatic carbocycles. The highest BCUT2D eigenvalue weighted by atomic mass is 32.2. The van der Waals surface area contributed by atoms with Crippen molar-refractivity contribution in [2.45, 2.75) is 51.3 Å². The fourth-order valence-corrected chi connectivity index (χ4v) is 5.61. The van der Waals surface area contributed by atoms with E-state index in [9.17, 15) is 13.2 Å². The van der Waals surface area contributed by atoms with Crippen LogP contribution in [0, 0.1) is 13.8 Å². The van der Waals surface area contributed by atoms with Crippen LogP contribution in [0.2, 0.25) is 0 Å². The Morgan fingerprint density at radius 2 is 1.75 bits per heavy atom. The van der Waals surface area contributed by atoms with Crippen LogP contribution >= 0.6 is 0 Å². The van der Waals surface area contributed by atoms with E-state index >= 15 is 0 Å². The Balaban J connectivity index is 1.54. The SMILES string of the molecule is CCc1cc(NS(=O)(=O)c2ccc(-n3c(C)cc(C(=O)CN4CCCCC4)c3C)cc2)nc(OC)n1. The summed E-state index contributed by atoms with van der Waals surface area (Å²) in [6, 6.07) is 10.2. The highest BCUT2D eigenvalue weighted by Gasteiger charge is 2.21. The smallest absolute Gasteiger partial charge is 0.318 e. The van der Waals surface area contributed by atoms with Gasteiger partial charge >= 0.3 is 6.01 Å². The second-order valence-corrected chi connectivity index (χ2v) is 10.7. The maximum atomic E-state index is 13.0. The van der Waals surface area contributed by atoms with Crippen molar-refractivity contribution in [1.29, 1.82) is 0 Å². The van der Waals surface area contributed by atoms with Crippen LogP contribution in [-0.4, -0.2) is 60.4 Å². The number of likely N-dealkylation sites (tertiary alicyclic amines) is 1. The number of sulfonamides is 1. The predicted molar refractivity (Wildman–Crippen MR) is 139 cm³/mol. The van der Waals surface area contributed by atoms with E-state index in [1.165, 1.54) is 13.5 Å². The Bertz CT molecular complexity index is 1320. The van der Waals surface area contributed by atoms with Crippen LogP contribution in [0.1, 0.15) is 53.6 Å². The molecule has 2 aromatic heterocycles. The summed E-state index contributed by atoms with van der Waals surface area (Å²) in [7, 11) is -2.44. The van der Waals surface area contributed by atoms with Gasteiger partial charge in [-0.25, -0.2) is 13.4 Å². The molecule has 0 atom stereocenters. The number of ether oxygens (including phenoxy) is 1. The van der Waals surface area contributed by atoms with Crippen LogP contribution < -0.4 is 9.46 Å². The maximum Gasteiger partial charge on any atom is 0.318 e. The van der Waals surface area contributed by atoms with Crippen molar-refractivity contribution in [2.24, 2.45) is 0 Å². The predicted octanol–water partition coefficient (Wildman–Crippen LogP) is 3.92. The minimum Gasteiger partial charge on any atom is -0.467 e. The number of nitrogens with zero attached hydrogens (tertiary/aromatic N) is 4. The Labute approximate surface area is 212 Å². The normalized spacial score (nSPS) is 14.6. The third-order valence-corrected chi connectivity index (χ3v) is 7.87. The minimum absolute atomic E-state index is 0.103. The number of Topliss-reactive ketones (excluding diaryl/α,β-unsaturated/α-hetero) is 1. The fourth-order valence-electron chi connectivity index (χ4n) is 4.62. The zero-order valence-corrected chi connectivity index (χ0v) is 22.1. The van der Waals surface area contributed by atoms with Crippen LogP contribution in [0.4, 0.5) is 5.82 Å². The lowest BCUT2D eigenvalue weighted by atomic mass is 10.1. The molecule has 0 unspecified atom stereocenters. The number of hydrogen-bond acceptors (Lipinski definition) is 7. The van der Waals surface area contributed by atoms with Gasteiger partial charge < -0.3 is 9.30 Å². The third-order valence-electron chi connectivity index (χ3n) is 6.50. The summed E-state index contributed by atoms with van der Waals surface area (Å²) in [5.41, 5.74) is 3.93. The van der Waals surface area contributed by atoms with Crippen molar-refractivity contribution in [1.82, 2.24) is 19.4 Å². The molecule has 0 bridgehead atoms. The Kier molecular flexibility index (Phi) is 7.75. The van der Waals surface area contributed by atoms with Crippen molar-refractivity contribution in [3.8, 4) is 11.7 Å². The standard InChI is InChI=1S/C26H33N5O4S/c1-5-20-16-25(28-26(27-20)35-4)29-36(33,34)22-11-9-21(10-12-22)31-18(2)15-23(19(31)3)24(32)17-30-13-7-6-8-14-30/h9-12,15-16H,5-8,13-14,17H2,1-4H3,(H,27,28,29). The highest BCUT2D eigenvalue weighted by molar-refractivity contribution is 7.92. The third kappa shape index (κ3) is 5.60. The zero-order valence-electron chi connectivity index (χ0n) is 21.2. The number of ketones is 1. The topological polar surface area (TPSA) is 106 Å². The van der Waals surface area contributed by atoms with Crippen LogP contribution in [0.3, 0.4) is 0 Å². The summed E-state index contributed by atoms with van der Waals surface area (Å²) < 4.78 is 35.6. The largest absolute Gasteiger partial charge is 0.467 e. The summed E-state index contributed by atoms with van der Waals surface area (Å²) >= 11 is 0. The number of carbonyl (C=O) groups excluding carboxylic acids is 1. The molecular formula is C26H33N5O4S.